The number of hydrogen-bond acceptors (Lipinski definition) is 8. The summed E-state index contributed by atoms with van der Waals surface area (Å²) in [5, 5.41) is 13.2. The highest BCUT2D eigenvalue weighted by molar-refractivity contribution is 5.99. The number of benzene rings is 2. The Morgan fingerprint density at radius 1 is 1.09 bits per heavy atom. The van der Waals surface area contributed by atoms with E-state index in [1.807, 2.05) is 28.4 Å². The summed E-state index contributed by atoms with van der Waals surface area (Å²) in [5.74, 6) is -1.25. The summed E-state index contributed by atoms with van der Waals surface area (Å²) in [5.41, 5.74) is 1.53. The highest BCUT2D eigenvalue weighted by atomic mass is 16.6. The van der Waals surface area contributed by atoms with Gasteiger partial charge in [-0.1, -0.05) is 30.3 Å². The first-order valence-corrected chi connectivity index (χ1v) is 11.1. The first kappa shape index (κ1) is 24.7. The van der Waals surface area contributed by atoms with Gasteiger partial charge >= 0.3 is 12.1 Å². The van der Waals surface area contributed by atoms with E-state index < -0.39 is 29.5 Å². The quantitative estimate of drug-likeness (QED) is 0.354. The van der Waals surface area contributed by atoms with Gasteiger partial charge in [-0.05, 0) is 43.7 Å². The Hall–Kier alpha value is -3.95. The van der Waals surface area contributed by atoms with Crippen molar-refractivity contribution in [3.8, 4) is 0 Å². The molecule has 2 aromatic carbocycles. The third-order valence-corrected chi connectivity index (χ3v) is 5.58. The summed E-state index contributed by atoms with van der Waals surface area (Å²) in [7, 11) is 0. The highest BCUT2D eigenvalue weighted by Crippen LogP contribution is 2.31. The van der Waals surface area contributed by atoms with Crippen molar-refractivity contribution in [2.75, 3.05) is 31.2 Å². The lowest BCUT2D eigenvalue weighted by atomic mass is 9.90. The lowest BCUT2D eigenvalue weighted by molar-refractivity contribution is -0.384. The van der Waals surface area contributed by atoms with Crippen LogP contribution in [0.5, 0.6) is 0 Å². The molecule has 0 aromatic heterocycles. The van der Waals surface area contributed by atoms with Crippen LogP contribution in [0.15, 0.2) is 48.5 Å². The van der Waals surface area contributed by atoms with Crippen molar-refractivity contribution >= 4 is 29.3 Å². The van der Waals surface area contributed by atoms with Crippen molar-refractivity contribution in [1.29, 1.82) is 0 Å². The Labute approximate surface area is 197 Å². The zero-order valence-electron chi connectivity index (χ0n) is 18.9. The SMILES string of the molecule is CCOC(=O)NC(=O)COC(=O)c1cc([N+](=O)[O-])ccc1N1CCC(Cc2ccccc2)CC1. The summed E-state index contributed by atoms with van der Waals surface area (Å²) in [6.45, 7) is 2.30. The molecule has 0 saturated carbocycles. The number of nitrogens with one attached hydrogen (secondary N) is 1. The minimum Gasteiger partial charge on any atom is -0.452 e. The first-order valence-electron chi connectivity index (χ1n) is 11.1. The molecule has 0 atom stereocenters. The van der Waals surface area contributed by atoms with E-state index in [1.165, 1.54) is 17.7 Å². The van der Waals surface area contributed by atoms with E-state index >= 15 is 0 Å². The van der Waals surface area contributed by atoms with Crippen LogP contribution >= 0.6 is 0 Å². The second-order valence-corrected chi connectivity index (χ2v) is 7.92. The van der Waals surface area contributed by atoms with Crippen LogP contribution in [-0.2, 0) is 20.7 Å². The summed E-state index contributed by atoms with van der Waals surface area (Å²) in [4.78, 5) is 48.5. The molecule has 1 heterocycles. The van der Waals surface area contributed by atoms with E-state index in [9.17, 15) is 24.5 Å². The molecule has 3 rings (SSSR count). The van der Waals surface area contributed by atoms with Gasteiger partial charge in [0.05, 0.1) is 22.8 Å². The number of rotatable bonds is 8. The third-order valence-electron chi connectivity index (χ3n) is 5.58. The Morgan fingerprint density at radius 2 is 1.79 bits per heavy atom. The number of carbonyl (C=O) groups excluding carboxylic acids is 3. The largest absolute Gasteiger partial charge is 0.452 e. The molecular formula is C24H27N3O7. The molecule has 10 nitrogen and oxygen atoms in total. The zero-order valence-corrected chi connectivity index (χ0v) is 18.9. The number of non-ortho nitro benzene ring substituents is 1. The number of nitro benzene ring substituents is 1. The van der Waals surface area contributed by atoms with Crippen LogP contribution in [0.1, 0.15) is 35.7 Å². The highest BCUT2D eigenvalue weighted by Gasteiger charge is 2.26. The van der Waals surface area contributed by atoms with Gasteiger partial charge in [0.2, 0.25) is 0 Å². The molecule has 0 aliphatic carbocycles. The van der Waals surface area contributed by atoms with Crippen LogP contribution in [0.25, 0.3) is 0 Å². The minimum atomic E-state index is -0.946. The van der Waals surface area contributed by atoms with Gasteiger partial charge in [-0.2, -0.15) is 0 Å². The number of ether oxygens (including phenoxy) is 2. The van der Waals surface area contributed by atoms with Crippen LogP contribution < -0.4 is 10.2 Å². The van der Waals surface area contributed by atoms with Crippen LogP contribution in [0.3, 0.4) is 0 Å². The fourth-order valence-corrected chi connectivity index (χ4v) is 3.93. The average molecular weight is 469 g/mol. The Balaban J connectivity index is 1.67. The van der Waals surface area contributed by atoms with Gasteiger partial charge in [0.25, 0.3) is 11.6 Å². The van der Waals surface area contributed by atoms with Crippen LogP contribution in [0.4, 0.5) is 16.2 Å². The van der Waals surface area contributed by atoms with Crippen LogP contribution in [0, 0.1) is 16.0 Å². The Bertz CT molecular complexity index is 1030. The van der Waals surface area contributed by atoms with Crippen molar-refractivity contribution in [2.24, 2.45) is 5.92 Å². The lowest BCUT2D eigenvalue weighted by Crippen LogP contribution is -2.36. The third kappa shape index (κ3) is 6.77. The van der Waals surface area contributed by atoms with Gasteiger partial charge in [0.15, 0.2) is 6.61 Å². The van der Waals surface area contributed by atoms with E-state index in [0.717, 1.165) is 25.3 Å². The van der Waals surface area contributed by atoms with E-state index in [-0.39, 0.29) is 17.9 Å². The number of anilines is 1. The van der Waals surface area contributed by atoms with Gasteiger partial charge in [0.1, 0.15) is 0 Å². The van der Waals surface area contributed by atoms with E-state index in [4.69, 9.17) is 4.74 Å². The normalized spacial score (nSPS) is 13.7. The van der Waals surface area contributed by atoms with Gasteiger partial charge in [-0.3, -0.25) is 20.2 Å². The van der Waals surface area contributed by atoms with E-state index in [0.29, 0.717) is 24.7 Å². The summed E-state index contributed by atoms with van der Waals surface area (Å²) >= 11 is 0. The maximum atomic E-state index is 12.7. The maximum Gasteiger partial charge on any atom is 0.413 e. The molecule has 1 aliphatic rings. The van der Waals surface area contributed by atoms with Crippen LogP contribution in [0.2, 0.25) is 0 Å². The van der Waals surface area contributed by atoms with Crippen molar-refractivity contribution < 1.29 is 28.8 Å². The molecule has 1 aliphatic heterocycles. The first-order chi connectivity index (χ1) is 16.4. The Kier molecular flexibility index (Phi) is 8.55. The van der Waals surface area contributed by atoms with E-state index in [1.54, 1.807) is 6.92 Å². The van der Waals surface area contributed by atoms with Gasteiger partial charge in [0, 0.05) is 25.2 Å². The molecule has 2 aromatic rings. The molecule has 1 N–H and O–H groups in total. The molecule has 1 saturated heterocycles. The number of alkyl carbamates (subject to hydrolysis) is 1. The standard InChI is InChI=1S/C24H27N3O7/c1-2-33-24(30)25-22(28)16-34-23(29)20-15-19(27(31)32)8-9-21(20)26-12-10-18(11-13-26)14-17-6-4-3-5-7-17/h3-9,15,18H,2,10-14,16H2,1H3,(H,25,28,30). The molecule has 1 fully saturated rings. The predicted molar refractivity (Wildman–Crippen MR) is 124 cm³/mol. The molecule has 10 heteroatoms. The predicted octanol–water partition coefficient (Wildman–Crippen LogP) is 3.48. The molecule has 0 radical (unpaired) electrons. The minimum absolute atomic E-state index is 0.000330. The second-order valence-electron chi connectivity index (χ2n) is 7.92. The number of imide groups is 1. The molecule has 2 amide bonds. The van der Waals surface area contributed by atoms with Crippen molar-refractivity contribution in [2.45, 2.75) is 26.2 Å². The molecular weight excluding hydrogens is 442 g/mol. The fourth-order valence-electron chi connectivity index (χ4n) is 3.93. The number of amides is 2. The summed E-state index contributed by atoms with van der Waals surface area (Å²) in [6, 6.07) is 14.3. The second kappa shape index (κ2) is 11.8. The molecule has 0 unspecified atom stereocenters. The average Bonchev–Trinajstić information content (AvgIpc) is 2.83. The number of nitrogens with zero attached hydrogens (tertiary/aromatic N) is 2. The molecule has 34 heavy (non-hydrogen) atoms. The number of hydrogen-bond donors (Lipinski definition) is 1. The number of nitro groups is 1. The van der Waals surface area contributed by atoms with Gasteiger partial charge in [-0.15, -0.1) is 0 Å². The Morgan fingerprint density at radius 3 is 2.44 bits per heavy atom. The summed E-state index contributed by atoms with van der Waals surface area (Å²) < 4.78 is 9.62. The summed E-state index contributed by atoms with van der Waals surface area (Å²) in [6.07, 6.45) is 1.84. The van der Waals surface area contributed by atoms with Crippen molar-refractivity contribution in [3.05, 3.63) is 69.8 Å². The molecule has 180 valence electrons. The lowest BCUT2D eigenvalue weighted by Gasteiger charge is -2.34. The monoisotopic (exact) mass is 469 g/mol. The zero-order chi connectivity index (χ0) is 24.5. The smallest absolute Gasteiger partial charge is 0.413 e. The topological polar surface area (TPSA) is 128 Å². The number of piperidine rings is 1. The molecule has 0 bridgehead atoms. The number of esters is 1. The van der Waals surface area contributed by atoms with Crippen molar-refractivity contribution in [3.63, 3.8) is 0 Å². The fraction of sp³-hybridized carbons (Fsp3) is 0.375. The van der Waals surface area contributed by atoms with Crippen molar-refractivity contribution in [1.82, 2.24) is 5.32 Å². The number of carbonyl (C=O) groups is 3. The van der Waals surface area contributed by atoms with E-state index in [2.05, 4.69) is 16.9 Å². The molecule has 0 spiro atoms. The van der Waals surface area contributed by atoms with Gasteiger partial charge in [-0.25, -0.2) is 9.59 Å². The van der Waals surface area contributed by atoms with Crippen LogP contribution in [-0.4, -0.2) is 49.2 Å². The van der Waals surface area contributed by atoms with Gasteiger partial charge < -0.3 is 14.4 Å². The maximum absolute atomic E-state index is 12.7.